The van der Waals surface area contributed by atoms with Gasteiger partial charge in [-0.3, -0.25) is 9.69 Å². The number of amides is 1. The van der Waals surface area contributed by atoms with Gasteiger partial charge in [0.2, 0.25) is 5.91 Å². The zero-order chi connectivity index (χ0) is 22.8. The molecule has 1 aromatic heterocycles. The Balaban J connectivity index is 1.55. The van der Waals surface area contributed by atoms with Gasteiger partial charge in [-0.15, -0.1) is 0 Å². The molecule has 32 heavy (non-hydrogen) atoms. The molecule has 1 amide bonds. The number of aryl methyl sites for hydroxylation is 1. The number of hydrogen-bond acceptors (Lipinski definition) is 4. The number of morpholine rings is 1. The Morgan fingerprint density at radius 2 is 2.03 bits per heavy atom. The van der Waals surface area contributed by atoms with Crippen LogP contribution < -0.4 is 10.6 Å². The van der Waals surface area contributed by atoms with E-state index in [9.17, 15) is 4.79 Å². The molecular formula is C24H36N6O2. The molecule has 0 spiro atoms. The molecule has 1 aromatic carbocycles. The van der Waals surface area contributed by atoms with E-state index in [1.807, 2.05) is 50.6 Å². The van der Waals surface area contributed by atoms with Gasteiger partial charge in [-0.25, -0.2) is 4.99 Å². The summed E-state index contributed by atoms with van der Waals surface area (Å²) in [5, 5.41) is 6.38. The summed E-state index contributed by atoms with van der Waals surface area (Å²) in [5.74, 6) is 0.890. The zero-order valence-corrected chi connectivity index (χ0v) is 19.5. The standard InChI is InChI=1S/C24H36N6O2/c1-4-25-24(29(3)19-22-9-6-11-28(22)2)26-18-20-7-5-8-21(17-20)27-23(31)10-12-30-13-15-32-16-14-30/h5-9,11,17H,4,10,12-16,18-19H2,1-3H3,(H,25,26)(H,27,31). The minimum Gasteiger partial charge on any atom is -0.379 e. The van der Waals surface area contributed by atoms with Crippen LogP contribution in [0.25, 0.3) is 0 Å². The van der Waals surface area contributed by atoms with E-state index in [0.717, 1.165) is 63.1 Å². The van der Waals surface area contributed by atoms with E-state index < -0.39 is 0 Å². The maximum atomic E-state index is 12.4. The summed E-state index contributed by atoms with van der Waals surface area (Å²) in [4.78, 5) is 21.6. The van der Waals surface area contributed by atoms with E-state index in [1.165, 1.54) is 5.69 Å². The van der Waals surface area contributed by atoms with Crippen LogP contribution in [0.15, 0.2) is 47.6 Å². The molecule has 0 radical (unpaired) electrons. The summed E-state index contributed by atoms with van der Waals surface area (Å²) in [6.45, 7) is 8.23. The number of benzene rings is 1. The van der Waals surface area contributed by atoms with Crippen molar-refractivity contribution in [2.75, 3.05) is 51.8 Å². The second-order valence-corrected chi connectivity index (χ2v) is 8.09. The molecule has 0 saturated carbocycles. The Hall–Kier alpha value is -2.84. The molecule has 0 unspecified atom stereocenters. The van der Waals surface area contributed by atoms with E-state index >= 15 is 0 Å². The lowest BCUT2D eigenvalue weighted by Gasteiger charge is -2.26. The largest absolute Gasteiger partial charge is 0.379 e. The quantitative estimate of drug-likeness (QED) is 0.462. The van der Waals surface area contributed by atoms with Crippen LogP contribution in [0.4, 0.5) is 5.69 Å². The summed E-state index contributed by atoms with van der Waals surface area (Å²) in [7, 11) is 4.09. The van der Waals surface area contributed by atoms with Crippen molar-refractivity contribution in [2.24, 2.45) is 12.0 Å². The highest BCUT2D eigenvalue weighted by Crippen LogP contribution is 2.13. The number of rotatable bonds is 9. The van der Waals surface area contributed by atoms with Gasteiger partial charge in [0.1, 0.15) is 0 Å². The third kappa shape index (κ3) is 7.39. The first-order valence-electron chi connectivity index (χ1n) is 11.3. The molecule has 8 heteroatoms. The zero-order valence-electron chi connectivity index (χ0n) is 19.5. The monoisotopic (exact) mass is 440 g/mol. The van der Waals surface area contributed by atoms with Gasteiger partial charge in [-0.1, -0.05) is 12.1 Å². The Morgan fingerprint density at radius 3 is 2.75 bits per heavy atom. The lowest BCUT2D eigenvalue weighted by molar-refractivity contribution is -0.116. The second kappa shape index (κ2) is 12.3. The Morgan fingerprint density at radius 1 is 1.22 bits per heavy atom. The number of hydrogen-bond donors (Lipinski definition) is 2. The number of nitrogens with one attached hydrogen (secondary N) is 2. The van der Waals surface area contributed by atoms with Crippen molar-refractivity contribution in [3.05, 3.63) is 53.9 Å². The lowest BCUT2D eigenvalue weighted by Crippen LogP contribution is -2.38. The minimum atomic E-state index is 0.0350. The number of aliphatic imine (C=N–C) groups is 1. The molecular weight excluding hydrogens is 404 g/mol. The SMILES string of the molecule is CCNC(=NCc1cccc(NC(=O)CCN2CCOCC2)c1)N(C)Cc1cccn1C. The fourth-order valence-corrected chi connectivity index (χ4v) is 3.67. The molecule has 2 aromatic rings. The van der Waals surface area contributed by atoms with Gasteiger partial charge in [-0.2, -0.15) is 0 Å². The van der Waals surface area contributed by atoms with Crippen molar-refractivity contribution in [1.82, 2.24) is 19.7 Å². The maximum absolute atomic E-state index is 12.4. The lowest BCUT2D eigenvalue weighted by atomic mass is 10.2. The van der Waals surface area contributed by atoms with Gasteiger partial charge in [0.25, 0.3) is 0 Å². The molecule has 1 aliphatic rings. The summed E-state index contributed by atoms with van der Waals surface area (Å²) in [6, 6.07) is 12.1. The van der Waals surface area contributed by atoms with Crippen molar-refractivity contribution < 1.29 is 9.53 Å². The predicted molar refractivity (Wildman–Crippen MR) is 129 cm³/mol. The molecule has 0 aliphatic carbocycles. The number of guanidine groups is 1. The number of carbonyl (C=O) groups is 1. The molecule has 174 valence electrons. The number of nitrogens with zero attached hydrogens (tertiary/aromatic N) is 4. The molecule has 8 nitrogen and oxygen atoms in total. The Bertz CT molecular complexity index is 888. The van der Waals surface area contributed by atoms with Gasteiger partial charge < -0.3 is 24.8 Å². The molecule has 1 fully saturated rings. The fourth-order valence-electron chi connectivity index (χ4n) is 3.67. The Kier molecular flexibility index (Phi) is 9.13. The predicted octanol–water partition coefficient (Wildman–Crippen LogP) is 2.28. The van der Waals surface area contributed by atoms with Crippen LogP contribution in [-0.4, -0.2) is 72.7 Å². The Labute approximate surface area is 191 Å². The van der Waals surface area contributed by atoms with Crippen LogP contribution in [-0.2, 0) is 29.7 Å². The molecule has 0 atom stereocenters. The van der Waals surface area contributed by atoms with E-state index in [1.54, 1.807) is 0 Å². The van der Waals surface area contributed by atoms with Gasteiger partial charge in [0, 0.05) is 64.3 Å². The van der Waals surface area contributed by atoms with Crippen molar-refractivity contribution in [3.8, 4) is 0 Å². The van der Waals surface area contributed by atoms with Crippen LogP contribution in [0.1, 0.15) is 24.6 Å². The van der Waals surface area contributed by atoms with Crippen LogP contribution >= 0.6 is 0 Å². The highest BCUT2D eigenvalue weighted by molar-refractivity contribution is 5.90. The fraction of sp³-hybridized carbons (Fsp3) is 0.500. The topological polar surface area (TPSA) is 74.1 Å². The minimum absolute atomic E-state index is 0.0350. The third-order valence-electron chi connectivity index (χ3n) is 5.53. The molecule has 2 N–H and O–H groups in total. The molecule has 0 bridgehead atoms. The van der Waals surface area contributed by atoms with E-state index in [0.29, 0.717) is 13.0 Å². The molecule has 2 heterocycles. The summed E-state index contributed by atoms with van der Waals surface area (Å²) in [5.41, 5.74) is 3.09. The van der Waals surface area contributed by atoms with Gasteiger partial charge in [0.05, 0.1) is 26.3 Å². The first kappa shape index (κ1) is 23.8. The number of anilines is 1. The smallest absolute Gasteiger partial charge is 0.225 e. The van der Waals surface area contributed by atoms with Crippen molar-refractivity contribution in [1.29, 1.82) is 0 Å². The van der Waals surface area contributed by atoms with Crippen LogP contribution in [0, 0.1) is 0 Å². The summed E-state index contributed by atoms with van der Waals surface area (Å²) >= 11 is 0. The van der Waals surface area contributed by atoms with E-state index in [2.05, 4.69) is 38.0 Å². The number of carbonyl (C=O) groups excluding carboxylic acids is 1. The second-order valence-electron chi connectivity index (χ2n) is 8.09. The van der Waals surface area contributed by atoms with Gasteiger partial charge >= 0.3 is 0 Å². The van der Waals surface area contributed by atoms with Crippen molar-refractivity contribution in [3.63, 3.8) is 0 Å². The number of ether oxygens (including phenoxy) is 1. The maximum Gasteiger partial charge on any atom is 0.225 e. The van der Waals surface area contributed by atoms with Crippen LogP contribution in [0.5, 0.6) is 0 Å². The highest BCUT2D eigenvalue weighted by Gasteiger charge is 2.12. The van der Waals surface area contributed by atoms with Crippen LogP contribution in [0.2, 0.25) is 0 Å². The third-order valence-corrected chi connectivity index (χ3v) is 5.53. The van der Waals surface area contributed by atoms with Crippen molar-refractivity contribution in [2.45, 2.75) is 26.4 Å². The molecule has 3 rings (SSSR count). The van der Waals surface area contributed by atoms with Crippen LogP contribution in [0.3, 0.4) is 0 Å². The first-order valence-corrected chi connectivity index (χ1v) is 11.3. The summed E-state index contributed by atoms with van der Waals surface area (Å²) < 4.78 is 7.47. The normalized spacial score (nSPS) is 14.9. The highest BCUT2D eigenvalue weighted by atomic mass is 16.5. The average molecular weight is 441 g/mol. The van der Waals surface area contributed by atoms with E-state index in [-0.39, 0.29) is 5.91 Å². The summed E-state index contributed by atoms with van der Waals surface area (Å²) in [6.07, 6.45) is 2.53. The van der Waals surface area contributed by atoms with Crippen molar-refractivity contribution >= 4 is 17.6 Å². The van der Waals surface area contributed by atoms with E-state index in [4.69, 9.17) is 9.73 Å². The number of aromatic nitrogens is 1. The molecule has 1 saturated heterocycles. The first-order chi connectivity index (χ1) is 15.5. The van der Waals surface area contributed by atoms with Gasteiger partial charge in [0.15, 0.2) is 5.96 Å². The van der Waals surface area contributed by atoms with Gasteiger partial charge in [-0.05, 0) is 36.8 Å². The molecule has 1 aliphatic heterocycles. The average Bonchev–Trinajstić information content (AvgIpc) is 3.20.